The second-order valence-corrected chi connectivity index (χ2v) is 5.30. The number of benzene rings is 1. The van der Waals surface area contributed by atoms with E-state index in [0.29, 0.717) is 17.8 Å². The van der Waals surface area contributed by atoms with E-state index < -0.39 is 5.82 Å². The Kier molecular flexibility index (Phi) is 4.19. The molecule has 7 heteroatoms. The number of amidine groups is 1. The first-order chi connectivity index (χ1) is 9.52. The summed E-state index contributed by atoms with van der Waals surface area (Å²) in [6.45, 7) is 2.56. The minimum Gasteiger partial charge on any atom is -0.409 e. The van der Waals surface area contributed by atoms with Gasteiger partial charge in [0.1, 0.15) is 5.82 Å². The highest BCUT2D eigenvalue weighted by atomic mass is 32.1. The molecule has 0 spiro atoms. The normalized spacial score (nSPS) is 11.7. The van der Waals surface area contributed by atoms with E-state index in [4.69, 9.17) is 10.9 Å². The van der Waals surface area contributed by atoms with Crippen molar-refractivity contribution in [1.82, 2.24) is 4.98 Å². The summed E-state index contributed by atoms with van der Waals surface area (Å²) in [7, 11) is 1.86. The number of halogens is 1. The zero-order valence-corrected chi connectivity index (χ0v) is 12.0. The van der Waals surface area contributed by atoms with Gasteiger partial charge in [0.2, 0.25) is 0 Å². The molecule has 2 rings (SSSR count). The lowest BCUT2D eigenvalue weighted by molar-refractivity contribution is 0.318. The molecule has 3 N–H and O–H groups in total. The van der Waals surface area contributed by atoms with Crippen molar-refractivity contribution in [3.63, 3.8) is 0 Å². The maximum Gasteiger partial charge on any atom is 0.172 e. The zero-order chi connectivity index (χ0) is 14.7. The van der Waals surface area contributed by atoms with Crippen LogP contribution in [0.1, 0.15) is 16.1 Å². The molecule has 1 aromatic carbocycles. The van der Waals surface area contributed by atoms with Crippen molar-refractivity contribution < 1.29 is 9.60 Å². The van der Waals surface area contributed by atoms with E-state index in [9.17, 15) is 4.39 Å². The van der Waals surface area contributed by atoms with E-state index in [1.54, 1.807) is 22.9 Å². The number of thiazole rings is 1. The lowest BCUT2D eigenvalue weighted by atomic mass is 10.1. The Balaban J connectivity index is 2.34. The van der Waals surface area contributed by atoms with Gasteiger partial charge < -0.3 is 15.8 Å². The molecular formula is C13H15FN4OS. The molecule has 1 aromatic heterocycles. The first-order valence-corrected chi connectivity index (χ1v) is 6.78. The van der Waals surface area contributed by atoms with E-state index in [1.165, 1.54) is 12.1 Å². The SMILES string of the molecule is Cc1ncsc1CN(C)c1ccc(F)cc1C(N)=NO. The smallest absolute Gasteiger partial charge is 0.172 e. The second-order valence-electron chi connectivity index (χ2n) is 4.36. The molecule has 20 heavy (non-hydrogen) atoms. The number of aromatic nitrogens is 1. The second kappa shape index (κ2) is 5.87. The van der Waals surface area contributed by atoms with Crippen molar-refractivity contribution in [2.45, 2.75) is 13.5 Å². The average Bonchev–Trinajstić information content (AvgIpc) is 2.83. The Morgan fingerprint density at radius 2 is 2.30 bits per heavy atom. The summed E-state index contributed by atoms with van der Waals surface area (Å²) in [6.07, 6.45) is 0. The van der Waals surface area contributed by atoms with Crippen molar-refractivity contribution >= 4 is 22.9 Å². The van der Waals surface area contributed by atoms with Gasteiger partial charge in [-0.25, -0.2) is 9.37 Å². The van der Waals surface area contributed by atoms with Crippen LogP contribution >= 0.6 is 11.3 Å². The van der Waals surface area contributed by atoms with E-state index in [0.717, 1.165) is 10.6 Å². The van der Waals surface area contributed by atoms with Gasteiger partial charge in [0.15, 0.2) is 5.84 Å². The highest BCUT2D eigenvalue weighted by Crippen LogP contribution is 2.24. The van der Waals surface area contributed by atoms with Gasteiger partial charge in [-0.1, -0.05) is 5.16 Å². The minimum atomic E-state index is -0.433. The molecule has 2 aromatic rings. The van der Waals surface area contributed by atoms with Gasteiger partial charge >= 0.3 is 0 Å². The van der Waals surface area contributed by atoms with E-state index in [2.05, 4.69) is 10.1 Å². The highest BCUT2D eigenvalue weighted by molar-refractivity contribution is 7.09. The number of hydrogen-bond donors (Lipinski definition) is 2. The van der Waals surface area contributed by atoms with Crippen LogP contribution in [0, 0.1) is 12.7 Å². The van der Waals surface area contributed by atoms with Gasteiger partial charge in [0.25, 0.3) is 0 Å². The fourth-order valence-corrected chi connectivity index (χ4v) is 2.71. The number of aryl methyl sites for hydroxylation is 1. The van der Waals surface area contributed by atoms with Crippen molar-refractivity contribution in [2.24, 2.45) is 10.9 Å². The molecule has 0 bridgehead atoms. The molecule has 5 nitrogen and oxygen atoms in total. The number of anilines is 1. The first-order valence-electron chi connectivity index (χ1n) is 5.90. The summed E-state index contributed by atoms with van der Waals surface area (Å²) < 4.78 is 13.3. The molecule has 0 saturated carbocycles. The number of nitrogens with zero attached hydrogens (tertiary/aromatic N) is 3. The third-order valence-electron chi connectivity index (χ3n) is 2.98. The van der Waals surface area contributed by atoms with Gasteiger partial charge in [0.05, 0.1) is 17.7 Å². The Labute approximate surface area is 120 Å². The molecule has 0 fully saturated rings. The molecule has 0 amide bonds. The number of nitrogens with two attached hydrogens (primary N) is 1. The summed E-state index contributed by atoms with van der Waals surface area (Å²) in [5.74, 6) is -0.551. The standard InChI is InChI=1S/C13H15FN4OS/c1-8-12(20-7-16-8)6-18(2)11-4-3-9(14)5-10(11)13(15)17-19/h3-5,7,19H,6H2,1-2H3,(H2,15,17). The lowest BCUT2D eigenvalue weighted by Crippen LogP contribution is -2.22. The Morgan fingerprint density at radius 3 is 2.90 bits per heavy atom. The summed E-state index contributed by atoms with van der Waals surface area (Å²) in [6, 6.07) is 4.21. The molecule has 1 heterocycles. The fraction of sp³-hybridized carbons (Fsp3) is 0.231. The van der Waals surface area contributed by atoms with E-state index in [-0.39, 0.29) is 5.84 Å². The molecule has 0 aliphatic carbocycles. The molecule has 0 aliphatic heterocycles. The van der Waals surface area contributed by atoms with Crippen LogP contribution in [0.2, 0.25) is 0 Å². The van der Waals surface area contributed by atoms with Crippen LogP contribution in [0.5, 0.6) is 0 Å². The van der Waals surface area contributed by atoms with Crippen LogP contribution in [0.25, 0.3) is 0 Å². The van der Waals surface area contributed by atoms with Crippen LogP contribution in [-0.4, -0.2) is 23.1 Å². The molecule has 106 valence electrons. The van der Waals surface area contributed by atoms with Gasteiger partial charge in [-0.2, -0.15) is 0 Å². The van der Waals surface area contributed by atoms with Crippen LogP contribution in [0.4, 0.5) is 10.1 Å². The van der Waals surface area contributed by atoms with E-state index in [1.807, 2.05) is 18.9 Å². The maximum atomic E-state index is 13.3. The van der Waals surface area contributed by atoms with Gasteiger partial charge in [0, 0.05) is 23.2 Å². The molecule has 0 unspecified atom stereocenters. The predicted molar refractivity (Wildman–Crippen MR) is 77.9 cm³/mol. The highest BCUT2D eigenvalue weighted by Gasteiger charge is 2.14. The summed E-state index contributed by atoms with van der Waals surface area (Å²) in [4.78, 5) is 7.22. The van der Waals surface area contributed by atoms with Gasteiger partial charge in [-0.3, -0.25) is 0 Å². The average molecular weight is 294 g/mol. The Hall–Kier alpha value is -2.15. The van der Waals surface area contributed by atoms with Crippen molar-refractivity contribution in [1.29, 1.82) is 0 Å². The van der Waals surface area contributed by atoms with Crippen molar-refractivity contribution in [3.05, 3.63) is 45.7 Å². The Bertz CT molecular complexity index is 641. The van der Waals surface area contributed by atoms with E-state index >= 15 is 0 Å². The number of hydrogen-bond acceptors (Lipinski definition) is 5. The number of oxime groups is 1. The van der Waals surface area contributed by atoms with Gasteiger partial charge in [-0.05, 0) is 25.1 Å². The predicted octanol–water partition coefficient (Wildman–Crippen LogP) is 2.32. The topological polar surface area (TPSA) is 74.7 Å². The molecule has 0 saturated heterocycles. The first kappa shape index (κ1) is 14.3. The largest absolute Gasteiger partial charge is 0.409 e. The zero-order valence-electron chi connectivity index (χ0n) is 11.2. The summed E-state index contributed by atoms with van der Waals surface area (Å²) in [5.41, 5.74) is 9.40. The third kappa shape index (κ3) is 2.88. The third-order valence-corrected chi connectivity index (χ3v) is 3.90. The number of rotatable bonds is 4. The maximum absolute atomic E-state index is 13.3. The van der Waals surface area contributed by atoms with Crippen LogP contribution in [0.15, 0.2) is 28.9 Å². The molecular weight excluding hydrogens is 279 g/mol. The lowest BCUT2D eigenvalue weighted by Gasteiger charge is -2.21. The molecule has 0 aliphatic rings. The minimum absolute atomic E-state index is 0.118. The summed E-state index contributed by atoms with van der Waals surface area (Å²) in [5, 5.41) is 11.7. The van der Waals surface area contributed by atoms with Crippen molar-refractivity contribution in [2.75, 3.05) is 11.9 Å². The van der Waals surface area contributed by atoms with Gasteiger partial charge in [-0.15, -0.1) is 11.3 Å². The summed E-state index contributed by atoms with van der Waals surface area (Å²) >= 11 is 1.56. The quantitative estimate of drug-likeness (QED) is 0.393. The molecule has 0 radical (unpaired) electrons. The monoisotopic (exact) mass is 294 g/mol. The van der Waals surface area contributed by atoms with Crippen LogP contribution in [0.3, 0.4) is 0 Å². The molecule has 0 atom stereocenters. The van der Waals surface area contributed by atoms with Crippen LogP contribution < -0.4 is 10.6 Å². The fourth-order valence-electron chi connectivity index (χ4n) is 1.88. The van der Waals surface area contributed by atoms with Crippen LogP contribution in [-0.2, 0) is 6.54 Å². The van der Waals surface area contributed by atoms with Crippen molar-refractivity contribution in [3.8, 4) is 0 Å². The Morgan fingerprint density at radius 1 is 1.55 bits per heavy atom.